The van der Waals surface area contributed by atoms with E-state index in [4.69, 9.17) is 4.74 Å². The lowest BCUT2D eigenvalue weighted by Gasteiger charge is -2.15. The van der Waals surface area contributed by atoms with Crippen molar-refractivity contribution in [3.05, 3.63) is 29.8 Å². The van der Waals surface area contributed by atoms with E-state index >= 15 is 0 Å². The maximum absolute atomic E-state index is 5.21. The van der Waals surface area contributed by atoms with E-state index in [1.165, 1.54) is 5.56 Å². The Morgan fingerprint density at radius 3 is 2.60 bits per heavy atom. The zero-order chi connectivity index (χ0) is 11.3. The van der Waals surface area contributed by atoms with Gasteiger partial charge in [0, 0.05) is 12.6 Å². The van der Waals surface area contributed by atoms with Crippen molar-refractivity contribution in [3.8, 4) is 5.75 Å². The molecule has 0 aliphatic carbocycles. The number of methoxy groups -OCH3 is 1. The molecular weight excluding hydrogens is 186 g/mol. The molecule has 0 bridgehead atoms. The summed E-state index contributed by atoms with van der Waals surface area (Å²) in [5.41, 5.74) is 1.32. The molecule has 0 amide bonds. The molecule has 0 spiro atoms. The highest BCUT2D eigenvalue weighted by Crippen LogP contribution is 2.19. The molecule has 1 aromatic rings. The Kier molecular flexibility index (Phi) is 4.63. The molecule has 0 saturated heterocycles. The maximum Gasteiger partial charge on any atom is 0.119 e. The highest BCUT2D eigenvalue weighted by Gasteiger charge is 2.06. The first kappa shape index (κ1) is 12.1. The second-order valence-corrected chi connectivity index (χ2v) is 4.24. The van der Waals surface area contributed by atoms with Crippen LogP contribution in [0.4, 0.5) is 0 Å². The van der Waals surface area contributed by atoms with E-state index in [0.29, 0.717) is 12.0 Å². The van der Waals surface area contributed by atoms with Gasteiger partial charge < -0.3 is 10.1 Å². The standard InChI is InChI=1S/C13H21NO/c1-10(2)14-9-11(3)12-6-5-7-13(8-12)15-4/h5-8,10-11,14H,9H2,1-4H3. The molecule has 0 heterocycles. The zero-order valence-corrected chi connectivity index (χ0v) is 10.1. The van der Waals surface area contributed by atoms with E-state index in [-0.39, 0.29) is 0 Å². The van der Waals surface area contributed by atoms with Crippen LogP contribution in [0.1, 0.15) is 32.3 Å². The second-order valence-electron chi connectivity index (χ2n) is 4.24. The van der Waals surface area contributed by atoms with E-state index in [0.717, 1.165) is 12.3 Å². The van der Waals surface area contributed by atoms with Crippen molar-refractivity contribution in [3.63, 3.8) is 0 Å². The fourth-order valence-corrected chi connectivity index (χ4v) is 1.48. The van der Waals surface area contributed by atoms with Crippen LogP contribution in [0.2, 0.25) is 0 Å². The van der Waals surface area contributed by atoms with Crippen LogP contribution in [-0.2, 0) is 0 Å². The molecule has 0 fully saturated rings. The van der Waals surface area contributed by atoms with E-state index in [1.807, 2.05) is 12.1 Å². The van der Waals surface area contributed by atoms with Gasteiger partial charge in [0.25, 0.3) is 0 Å². The minimum absolute atomic E-state index is 0.516. The van der Waals surface area contributed by atoms with Gasteiger partial charge in [-0.2, -0.15) is 0 Å². The van der Waals surface area contributed by atoms with Gasteiger partial charge in [-0.25, -0.2) is 0 Å². The first-order valence-electron chi connectivity index (χ1n) is 5.50. The predicted octanol–water partition coefficient (Wildman–Crippen LogP) is 2.80. The van der Waals surface area contributed by atoms with Crippen molar-refractivity contribution < 1.29 is 4.74 Å². The highest BCUT2D eigenvalue weighted by molar-refractivity contribution is 5.30. The van der Waals surface area contributed by atoms with Gasteiger partial charge in [-0.3, -0.25) is 0 Å². The van der Waals surface area contributed by atoms with Crippen molar-refractivity contribution >= 4 is 0 Å². The van der Waals surface area contributed by atoms with Crippen molar-refractivity contribution in [2.45, 2.75) is 32.7 Å². The largest absolute Gasteiger partial charge is 0.497 e. The van der Waals surface area contributed by atoms with Crippen LogP contribution in [-0.4, -0.2) is 19.7 Å². The molecule has 84 valence electrons. The molecule has 2 heteroatoms. The van der Waals surface area contributed by atoms with Gasteiger partial charge in [0.15, 0.2) is 0 Å². The fourth-order valence-electron chi connectivity index (χ4n) is 1.48. The molecule has 1 rings (SSSR count). The summed E-state index contributed by atoms with van der Waals surface area (Å²) in [6.45, 7) is 7.56. The minimum Gasteiger partial charge on any atom is -0.497 e. The number of nitrogens with one attached hydrogen (secondary N) is 1. The molecule has 2 nitrogen and oxygen atoms in total. The highest BCUT2D eigenvalue weighted by atomic mass is 16.5. The maximum atomic E-state index is 5.21. The number of hydrogen-bond donors (Lipinski definition) is 1. The van der Waals surface area contributed by atoms with Gasteiger partial charge in [0.05, 0.1) is 7.11 Å². The summed E-state index contributed by atoms with van der Waals surface area (Å²) in [6, 6.07) is 8.81. The van der Waals surface area contributed by atoms with Crippen molar-refractivity contribution in [1.82, 2.24) is 5.32 Å². The van der Waals surface area contributed by atoms with Crippen LogP contribution in [0, 0.1) is 0 Å². The lowest BCUT2D eigenvalue weighted by molar-refractivity contribution is 0.413. The van der Waals surface area contributed by atoms with Gasteiger partial charge in [-0.15, -0.1) is 0 Å². The van der Waals surface area contributed by atoms with E-state index in [1.54, 1.807) is 7.11 Å². The van der Waals surface area contributed by atoms with Crippen molar-refractivity contribution in [2.24, 2.45) is 0 Å². The number of ether oxygens (including phenoxy) is 1. The quantitative estimate of drug-likeness (QED) is 0.801. The third-order valence-corrected chi connectivity index (χ3v) is 2.50. The van der Waals surface area contributed by atoms with Gasteiger partial charge in [-0.05, 0) is 23.6 Å². The predicted molar refractivity (Wildman–Crippen MR) is 64.5 cm³/mol. The van der Waals surface area contributed by atoms with Crippen LogP contribution in [0.25, 0.3) is 0 Å². The van der Waals surface area contributed by atoms with Crippen LogP contribution in [0.15, 0.2) is 24.3 Å². The molecule has 0 aromatic heterocycles. The summed E-state index contributed by atoms with van der Waals surface area (Å²) in [6.07, 6.45) is 0. The summed E-state index contributed by atoms with van der Waals surface area (Å²) >= 11 is 0. The van der Waals surface area contributed by atoms with Crippen LogP contribution >= 0.6 is 0 Å². The Balaban J connectivity index is 2.60. The third-order valence-electron chi connectivity index (χ3n) is 2.50. The van der Waals surface area contributed by atoms with Crippen molar-refractivity contribution in [1.29, 1.82) is 0 Å². The normalized spacial score (nSPS) is 12.9. The molecule has 1 unspecified atom stereocenters. The smallest absolute Gasteiger partial charge is 0.119 e. The monoisotopic (exact) mass is 207 g/mol. The molecule has 15 heavy (non-hydrogen) atoms. The zero-order valence-electron chi connectivity index (χ0n) is 10.1. The SMILES string of the molecule is COc1cccc(C(C)CNC(C)C)c1. The van der Waals surface area contributed by atoms with Gasteiger partial charge in [0.1, 0.15) is 5.75 Å². The lowest BCUT2D eigenvalue weighted by Crippen LogP contribution is -2.26. The Morgan fingerprint density at radius 2 is 2.00 bits per heavy atom. The van der Waals surface area contributed by atoms with Crippen LogP contribution in [0.3, 0.4) is 0 Å². The number of rotatable bonds is 5. The fraction of sp³-hybridized carbons (Fsp3) is 0.538. The van der Waals surface area contributed by atoms with Crippen LogP contribution < -0.4 is 10.1 Å². The first-order chi connectivity index (χ1) is 7.13. The number of hydrogen-bond acceptors (Lipinski definition) is 2. The van der Waals surface area contributed by atoms with Crippen molar-refractivity contribution in [2.75, 3.05) is 13.7 Å². The first-order valence-corrected chi connectivity index (χ1v) is 5.50. The topological polar surface area (TPSA) is 21.3 Å². The summed E-state index contributed by atoms with van der Waals surface area (Å²) in [5, 5.41) is 3.44. The molecular formula is C13H21NO. The molecule has 1 aromatic carbocycles. The summed E-state index contributed by atoms with van der Waals surface area (Å²) < 4.78 is 5.21. The second kappa shape index (κ2) is 5.76. The van der Waals surface area contributed by atoms with Gasteiger partial charge in [0.2, 0.25) is 0 Å². The summed E-state index contributed by atoms with van der Waals surface area (Å²) in [7, 11) is 1.70. The average Bonchev–Trinajstić information content (AvgIpc) is 2.26. The molecule has 0 saturated carbocycles. The molecule has 1 atom stereocenters. The van der Waals surface area contributed by atoms with Gasteiger partial charge in [-0.1, -0.05) is 32.9 Å². The van der Waals surface area contributed by atoms with E-state index < -0.39 is 0 Å². The average molecular weight is 207 g/mol. The van der Waals surface area contributed by atoms with Gasteiger partial charge >= 0.3 is 0 Å². The number of benzene rings is 1. The Morgan fingerprint density at radius 1 is 1.27 bits per heavy atom. The van der Waals surface area contributed by atoms with E-state index in [2.05, 4.69) is 38.2 Å². The third kappa shape index (κ3) is 3.92. The molecule has 0 aliphatic rings. The van der Waals surface area contributed by atoms with Crippen LogP contribution in [0.5, 0.6) is 5.75 Å². The Hall–Kier alpha value is -1.02. The molecule has 0 aliphatic heterocycles. The van der Waals surface area contributed by atoms with E-state index in [9.17, 15) is 0 Å². The summed E-state index contributed by atoms with van der Waals surface area (Å²) in [5.74, 6) is 1.45. The Labute approximate surface area is 92.6 Å². The lowest BCUT2D eigenvalue weighted by atomic mass is 10.0. The Bertz CT molecular complexity index is 296. The molecule has 1 N–H and O–H groups in total. The minimum atomic E-state index is 0.516. The molecule has 0 radical (unpaired) electrons. The summed E-state index contributed by atoms with van der Waals surface area (Å²) in [4.78, 5) is 0.